The highest BCUT2D eigenvalue weighted by molar-refractivity contribution is 5.93. The summed E-state index contributed by atoms with van der Waals surface area (Å²) in [5.41, 5.74) is 4.87. The second-order valence-corrected chi connectivity index (χ2v) is 7.71. The summed E-state index contributed by atoms with van der Waals surface area (Å²) in [4.78, 5) is 15.0. The minimum atomic E-state index is -0.0966. The van der Waals surface area contributed by atoms with E-state index in [9.17, 15) is 4.79 Å². The summed E-state index contributed by atoms with van der Waals surface area (Å²) in [5.74, 6) is 0.404. The van der Waals surface area contributed by atoms with Gasteiger partial charge in [0.2, 0.25) is 0 Å². The lowest BCUT2D eigenvalue weighted by Gasteiger charge is -2.11. The molecule has 5 heteroatoms. The Morgan fingerprint density at radius 2 is 1.75 bits per heavy atom. The van der Waals surface area contributed by atoms with Crippen molar-refractivity contribution in [3.63, 3.8) is 0 Å². The molecule has 28 heavy (non-hydrogen) atoms. The highest BCUT2D eigenvalue weighted by Gasteiger charge is 2.29. The maximum absolute atomic E-state index is 12.9. The lowest BCUT2D eigenvalue weighted by molar-refractivity contribution is 0.0943. The average molecular weight is 374 g/mol. The number of nitrogens with zero attached hydrogens (tertiary/aromatic N) is 3. The van der Waals surface area contributed by atoms with Crippen molar-refractivity contribution in [2.75, 3.05) is 14.1 Å². The van der Waals surface area contributed by atoms with Crippen molar-refractivity contribution in [2.45, 2.75) is 31.8 Å². The van der Waals surface area contributed by atoms with E-state index in [4.69, 9.17) is 5.10 Å². The molecule has 0 aliphatic heterocycles. The Morgan fingerprint density at radius 1 is 1.07 bits per heavy atom. The normalized spacial score (nSPS) is 13.7. The molecule has 1 amide bonds. The van der Waals surface area contributed by atoms with Gasteiger partial charge in [0.1, 0.15) is 5.69 Å². The number of benzene rings is 2. The largest absolute Gasteiger partial charge is 0.347 e. The lowest BCUT2D eigenvalue weighted by Crippen LogP contribution is -2.25. The van der Waals surface area contributed by atoms with Crippen molar-refractivity contribution in [1.29, 1.82) is 0 Å². The van der Waals surface area contributed by atoms with Crippen LogP contribution in [0.25, 0.3) is 5.69 Å². The molecule has 1 aliphatic carbocycles. The van der Waals surface area contributed by atoms with Crippen molar-refractivity contribution >= 4 is 5.91 Å². The molecule has 0 atom stereocenters. The summed E-state index contributed by atoms with van der Waals surface area (Å²) in [6.45, 7) is 1.41. The van der Waals surface area contributed by atoms with E-state index in [1.165, 1.54) is 5.56 Å². The van der Waals surface area contributed by atoms with Crippen LogP contribution >= 0.6 is 0 Å². The molecule has 2 aromatic carbocycles. The van der Waals surface area contributed by atoms with Crippen molar-refractivity contribution < 1.29 is 4.79 Å². The quantitative estimate of drug-likeness (QED) is 0.685. The summed E-state index contributed by atoms with van der Waals surface area (Å²) < 4.78 is 1.77. The van der Waals surface area contributed by atoms with Crippen molar-refractivity contribution in [3.8, 4) is 5.69 Å². The van der Waals surface area contributed by atoms with E-state index < -0.39 is 0 Å². The number of carbonyl (C=O) groups is 1. The molecular weight excluding hydrogens is 348 g/mol. The van der Waals surface area contributed by atoms with Crippen LogP contribution in [0, 0.1) is 0 Å². The average Bonchev–Trinajstić information content (AvgIpc) is 3.46. The van der Waals surface area contributed by atoms with Gasteiger partial charge in [0.05, 0.1) is 11.4 Å². The molecule has 3 aromatic rings. The number of para-hydroxylation sites is 1. The van der Waals surface area contributed by atoms with Crippen LogP contribution in [0.1, 0.15) is 46.1 Å². The number of nitrogens with one attached hydrogen (secondary N) is 1. The molecular formula is C23H26N4O. The van der Waals surface area contributed by atoms with Gasteiger partial charge in [0, 0.05) is 19.0 Å². The predicted octanol–water partition coefficient (Wildman–Crippen LogP) is 3.74. The van der Waals surface area contributed by atoms with Crippen molar-refractivity contribution in [3.05, 3.63) is 83.2 Å². The fourth-order valence-corrected chi connectivity index (χ4v) is 3.31. The van der Waals surface area contributed by atoms with Crippen LogP contribution in [0.2, 0.25) is 0 Å². The zero-order valence-electron chi connectivity index (χ0n) is 16.4. The van der Waals surface area contributed by atoms with Gasteiger partial charge in [-0.2, -0.15) is 5.10 Å². The van der Waals surface area contributed by atoms with E-state index >= 15 is 0 Å². The van der Waals surface area contributed by atoms with Crippen LogP contribution in [-0.2, 0) is 13.1 Å². The van der Waals surface area contributed by atoms with E-state index in [0.29, 0.717) is 18.2 Å². The third kappa shape index (κ3) is 4.31. The maximum atomic E-state index is 12.9. The number of rotatable bonds is 7. The molecule has 1 fully saturated rings. The molecule has 0 unspecified atom stereocenters. The molecule has 0 bridgehead atoms. The van der Waals surface area contributed by atoms with E-state index in [0.717, 1.165) is 36.3 Å². The first-order valence-corrected chi connectivity index (χ1v) is 9.76. The first-order valence-electron chi connectivity index (χ1n) is 9.76. The van der Waals surface area contributed by atoms with Gasteiger partial charge < -0.3 is 10.2 Å². The van der Waals surface area contributed by atoms with Crippen LogP contribution < -0.4 is 5.32 Å². The monoisotopic (exact) mass is 374 g/mol. The molecule has 0 saturated heterocycles. The molecule has 1 aliphatic rings. The van der Waals surface area contributed by atoms with Gasteiger partial charge in [0.15, 0.2) is 0 Å². The van der Waals surface area contributed by atoms with E-state index in [1.807, 2.05) is 36.4 Å². The Balaban J connectivity index is 1.48. The molecule has 5 nitrogen and oxygen atoms in total. The Bertz CT molecular complexity index is 940. The molecule has 1 saturated carbocycles. The Kier molecular flexibility index (Phi) is 5.26. The maximum Gasteiger partial charge on any atom is 0.270 e. The first-order chi connectivity index (χ1) is 13.6. The third-order valence-electron chi connectivity index (χ3n) is 4.93. The van der Waals surface area contributed by atoms with Gasteiger partial charge in [-0.3, -0.25) is 4.79 Å². The zero-order valence-corrected chi connectivity index (χ0v) is 16.4. The summed E-state index contributed by atoms with van der Waals surface area (Å²) in [6.07, 6.45) is 2.32. The Labute approximate surface area is 166 Å². The van der Waals surface area contributed by atoms with Gasteiger partial charge in [-0.05, 0) is 56.3 Å². The first kappa shape index (κ1) is 18.4. The number of amides is 1. The zero-order chi connectivity index (χ0) is 19.5. The molecule has 1 aromatic heterocycles. The highest BCUT2D eigenvalue weighted by atomic mass is 16.2. The highest BCUT2D eigenvalue weighted by Crippen LogP contribution is 2.39. The summed E-state index contributed by atoms with van der Waals surface area (Å²) in [5, 5.41) is 7.76. The third-order valence-corrected chi connectivity index (χ3v) is 4.93. The van der Waals surface area contributed by atoms with Gasteiger partial charge in [-0.25, -0.2) is 4.68 Å². The number of aromatic nitrogens is 2. The Hall–Kier alpha value is -2.92. The van der Waals surface area contributed by atoms with Crippen LogP contribution in [0.3, 0.4) is 0 Å². The number of carbonyl (C=O) groups excluding carboxylic acids is 1. The Morgan fingerprint density at radius 3 is 2.39 bits per heavy atom. The van der Waals surface area contributed by atoms with Gasteiger partial charge in [-0.15, -0.1) is 0 Å². The molecule has 1 heterocycles. The fraction of sp³-hybridized carbons (Fsp3) is 0.304. The topological polar surface area (TPSA) is 50.2 Å². The predicted molar refractivity (Wildman–Crippen MR) is 111 cm³/mol. The second-order valence-electron chi connectivity index (χ2n) is 7.71. The second kappa shape index (κ2) is 7.98. The standard InChI is InChI=1S/C23H26N4O/c1-26(2)16-18-10-8-17(9-11-18)15-24-23(28)22-14-21(19-12-13-19)25-27(22)20-6-4-3-5-7-20/h3-11,14,19H,12-13,15-16H2,1-2H3,(H,24,28). The van der Waals surface area contributed by atoms with E-state index in [1.54, 1.807) is 4.68 Å². The number of hydrogen-bond acceptors (Lipinski definition) is 3. The van der Waals surface area contributed by atoms with Crippen LogP contribution in [0.15, 0.2) is 60.7 Å². The van der Waals surface area contributed by atoms with E-state index in [-0.39, 0.29) is 5.91 Å². The molecule has 1 N–H and O–H groups in total. The smallest absolute Gasteiger partial charge is 0.270 e. The minimum absolute atomic E-state index is 0.0966. The summed E-state index contributed by atoms with van der Waals surface area (Å²) >= 11 is 0. The van der Waals surface area contributed by atoms with Crippen LogP contribution in [0.4, 0.5) is 0 Å². The molecule has 0 radical (unpaired) electrons. The van der Waals surface area contributed by atoms with Gasteiger partial charge in [0.25, 0.3) is 5.91 Å². The summed E-state index contributed by atoms with van der Waals surface area (Å²) in [7, 11) is 4.11. The fourth-order valence-electron chi connectivity index (χ4n) is 3.31. The van der Waals surface area contributed by atoms with E-state index in [2.05, 4.69) is 48.6 Å². The van der Waals surface area contributed by atoms with Gasteiger partial charge in [-0.1, -0.05) is 42.5 Å². The van der Waals surface area contributed by atoms with Crippen molar-refractivity contribution in [1.82, 2.24) is 20.0 Å². The molecule has 0 spiro atoms. The van der Waals surface area contributed by atoms with Gasteiger partial charge >= 0.3 is 0 Å². The molecule has 4 rings (SSSR count). The number of hydrogen-bond donors (Lipinski definition) is 1. The molecule has 144 valence electrons. The minimum Gasteiger partial charge on any atom is -0.347 e. The van der Waals surface area contributed by atoms with Crippen LogP contribution in [0.5, 0.6) is 0 Å². The SMILES string of the molecule is CN(C)Cc1ccc(CNC(=O)c2cc(C3CC3)nn2-c2ccccc2)cc1. The van der Waals surface area contributed by atoms with Crippen LogP contribution in [-0.4, -0.2) is 34.7 Å². The lowest BCUT2D eigenvalue weighted by atomic mass is 10.1. The van der Waals surface area contributed by atoms with Crippen molar-refractivity contribution in [2.24, 2.45) is 0 Å². The summed E-state index contributed by atoms with van der Waals surface area (Å²) in [6, 6.07) is 20.2.